The van der Waals surface area contributed by atoms with E-state index in [0.717, 1.165) is 19.3 Å². The molecule has 0 amide bonds. The molecule has 7 heteroatoms. The van der Waals surface area contributed by atoms with Gasteiger partial charge in [0.05, 0.1) is 6.04 Å². The number of halogens is 6. The van der Waals surface area contributed by atoms with Crippen LogP contribution in [0.5, 0.6) is 0 Å². The van der Waals surface area contributed by atoms with Gasteiger partial charge in [0.1, 0.15) is 0 Å². The number of alkyl halides is 6. The zero-order valence-electron chi connectivity index (χ0n) is 11.0. The third kappa shape index (κ3) is 3.33. The molecule has 1 aromatic carbocycles. The van der Waals surface area contributed by atoms with Gasteiger partial charge in [-0.25, -0.2) is 0 Å². The Balaban J connectivity index is 2.40. The van der Waals surface area contributed by atoms with Crippen LogP contribution >= 0.6 is 0 Å². The molecule has 1 unspecified atom stereocenters. The fourth-order valence-corrected chi connectivity index (χ4v) is 2.68. The molecule has 1 saturated carbocycles. The van der Waals surface area contributed by atoms with E-state index in [4.69, 9.17) is 5.73 Å². The van der Waals surface area contributed by atoms with Crippen LogP contribution in [0.2, 0.25) is 0 Å². The van der Waals surface area contributed by atoms with E-state index in [1.165, 1.54) is 12.1 Å². The molecule has 1 nitrogen and oxygen atoms in total. The summed E-state index contributed by atoms with van der Waals surface area (Å²) in [4.78, 5) is 0. The Bertz CT molecular complexity index is 475. The zero-order chi connectivity index (χ0) is 15.8. The maximum Gasteiger partial charge on any atom is 0.402 e. The minimum atomic E-state index is -5.43. The quantitative estimate of drug-likeness (QED) is 0.805. The van der Waals surface area contributed by atoms with E-state index in [2.05, 4.69) is 0 Å². The van der Waals surface area contributed by atoms with Gasteiger partial charge in [0.2, 0.25) is 0 Å². The van der Waals surface area contributed by atoms with Crippen molar-refractivity contribution in [3.63, 3.8) is 0 Å². The maximum atomic E-state index is 12.8. The van der Waals surface area contributed by atoms with Crippen LogP contribution in [-0.2, 0) is 0 Å². The average molecular weight is 311 g/mol. The van der Waals surface area contributed by atoms with Crippen LogP contribution in [0.25, 0.3) is 0 Å². The minimum Gasteiger partial charge on any atom is -0.323 e. The lowest BCUT2D eigenvalue weighted by atomic mass is 9.76. The number of benzene rings is 1. The van der Waals surface area contributed by atoms with Gasteiger partial charge in [0.15, 0.2) is 5.92 Å². The van der Waals surface area contributed by atoms with Crippen LogP contribution in [0.1, 0.15) is 42.3 Å². The predicted octanol–water partition coefficient (Wildman–Crippen LogP) is 4.69. The van der Waals surface area contributed by atoms with Gasteiger partial charge >= 0.3 is 12.4 Å². The highest BCUT2D eigenvalue weighted by Crippen LogP contribution is 2.48. The first-order valence-electron chi connectivity index (χ1n) is 6.60. The van der Waals surface area contributed by atoms with Crippen molar-refractivity contribution in [2.24, 2.45) is 11.7 Å². The summed E-state index contributed by atoms with van der Waals surface area (Å²) in [5.74, 6) is -3.54. The molecule has 1 atom stereocenters. The van der Waals surface area contributed by atoms with Crippen molar-refractivity contribution in [3.05, 3.63) is 35.4 Å². The molecule has 0 radical (unpaired) electrons. The first-order valence-corrected chi connectivity index (χ1v) is 6.60. The summed E-state index contributed by atoms with van der Waals surface area (Å²) in [6.45, 7) is 0. The van der Waals surface area contributed by atoms with E-state index < -0.39 is 24.3 Å². The van der Waals surface area contributed by atoms with Gasteiger partial charge < -0.3 is 5.73 Å². The highest BCUT2D eigenvalue weighted by Gasteiger charge is 2.60. The number of nitrogens with two attached hydrogens (primary N) is 1. The minimum absolute atomic E-state index is 0.00867. The molecule has 1 aliphatic carbocycles. The van der Waals surface area contributed by atoms with Crippen molar-refractivity contribution in [1.29, 1.82) is 0 Å². The molecule has 1 aromatic rings. The molecular weight excluding hydrogens is 296 g/mol. The van der Waals surface area contributed by atoms with Gasteiger partial charge in [-0.05, 0) is 29.9 Å². The lowest BCUT2D eigenvalue weighted by molar-refractivity contribution is -0.290. The van der Waals surface area contributed by atoms with E-state index in [9.17, 15) is 26.3 Å². The molecule has 21 heavy (non-hydrogen) atoms. The molecule has 0 saturated heterocycles. The Morgan fingerprint density at radius 3 is 1.90 bits per heavy atom. The SMILES string of the molecule is NC(c1ccccc1C1CCC1)C(C(F)(F)F)C(F)(F)F. The fraction of sp³-hybridized carbons (Fsp3) is 0.571. The average Bonchev–Trinajstić information content (AvgIpc) is 2.23. The first kappa shape index (κ1) is 16.1. The summed E-state index contributed by atoms with van der Waals surface area (Å²) in [5, 5.41) is 0. The van der Waals surface area contributed by atoms with Gasteiger partial charge in [0, 0.05) is 0 Å². The van der Waals surface area contributed by atoms with Crippen molar-refractivity contribution in [2.45, 2.75) is 43.6 Å². The van der Waals surface area contributed by atoms with Crippen LogP contribution in [-0.4, -0.2) is 12.4 Å². The van der Waals surface area contributed by atoms with E-state index in [0.29, 0.717) is 5.56 Å². The monoisotopic (exact) mass is 311 g/mol. The van der Waals surface area contributed by atoms with Gasteiger partial charge in [-0.3, -0.25) is 0 Å². The van der Waals surface area contributed by atoms with E-state index in [-0.39, 0.29) is 11.5 Å². The number of hydrogen-bond acceptors (Lipinski definition) is 1. The molecule has 0 aliphatic heterocycles. The molecule has 0 heterocycles. The van der Waals surface area contributed by atoms with E-state index in [1.807, 2.05) is 0 Å². The summed E-state index contributed by atoms with van der Waals surface area (Å²) in [6, 6.07) is 3.73. The maximum absolute atomic E-state index is 12.8. The molecule has 118 valence electrons. The molecule has 0 bridgehead atoms. The predicted molar refractivity (Wildman–Crippen MR) is 65.6 cm³/mol. The van der Waals surface area contributed by atoms with Crippen molar-refractivity contribution in [3.8, 4) is 0 Å². The van der Waals surface area contributed by atoms with Crippen LogP contribution in [0.3, 0.4) is 0 Å². The summed E-state index contributed by atoms with van der Waals surface area (Å²) in [5.41, 5.74) is 5.84. The highest BCUT2D eigenvalue weighted by atomic mass is 19.4. The van der Waals surface area contributed by atoms with E-state index >= 15 is 0 Å². The van der Waals surface area contributed by atoms with Crippen LogP contribution in [0.4, 0.5) is 26.3 Å². The van der Waals surface area contributed by atoms with Crippen LogP contribution < -0.4 is 5.73 Å². The summed E-state index contributed by atoms with van der Waals surface area (Å²) < 4.78 is 76.7. The second-order valence-electron chi connectivity index (χ2n) is 5.34. The Morgan fingerprint density at radius 2 is 1.48 bits per heavy atom. The van der Waals surface area contributed by atoms with Crippen molar-refractivity contribution >= 4 is 0 Å². The van der Waals surface area contributed by atoms with E-state index in [1.54, 1.807) is 12.1 Å². The Labute approximate surface area is 118 Å². The lowest BCUT2D eigenvalue weighted by Crippen LogP contribution is -2.44. The van der Waals surface area contributed by atoms with Crippen molar-refractivity contribution < 1.29 is 26.3 Å². The standard InChI is InChI=1S/C14H15F6N/c15-13(16,17)12(14(18,19)20)11(21)10-7-2-1-6-9(10)8-4-3-5-8/h1-2,6-8,11-12H,3-5,21H2. The Morgan fingerprint density at radius 1 is 0.952 bits per heavy atom. The first-order chi connectivity index (χ1) is 9.62. The van der Waals surface area contributed by atoms with Crippen LogP contribution in [0.15, 0.2) is 24.3 Å². The van der Waals surface area contributed by atoms with Gasteiger partial charge in [-0.2, -0.15) is 26.3 Å². The lowest BCUT2D eigenvalue weighted by Gasteiger charge is -2.33. The van der Waals surface area contributed by atoms with Gasteiger partial charge in [-0.15, -0.1) is 0 Å². The number of rotatable bonds is 3. The molecule has 1 aliphatic rings. The second kappa shape index (κ2) is 5.51. The molecule has 0 aromatic heterocycles. The summed E-state index contributed by atoms with van der Waals surface area (Å²) >= 11 is 0. The topological polar surface area (TPSA) is 26.0 Å². The second-order valence-corrected chi connectivity index (χ2v) is 5.34. The molecular formula is C14H15F6N. The fourth-order valence-electron chi connectivity index (χ4n) is 2.68. The van der Waals surface area contributed by atoms with Crippen molar-refractivity contribution in [1.82, 2.24) is 0 Å². The third-order valence-electron chi connectivity index (χ3n) is 3.96. The highest BCUT2D eigenvalue weighted by molar-refractivity contribution is 5.34. The number of hydrogen-bond donors (Lipinski definition) is 1. The van der Waals surface area contributed by atoms with Crippen LogP contribution in [0, 0.1) is 5.92 Å². The van der Waals surface area contributed by atoms with Gasteiger partial charge in [0.25, 0.3) is 0 Å². The summed E-state index contributed by atoms with van der Waals surface area (Å²) in [7, 11) is 0. The Hall–Kier alpha value is -1.24. The third-order valence-corrected chi connectivity index (χ3v) is 3.96. The normalized spacial score (nSPS) is 18.7. The Kier molecular flexibility index (Phi) is 4.24. The molecule has 2 N–H and O–H groups in total. The zero-order valence-corrected chi connectivity index (χ0v) is 11.0. The molecule has 1 fully saturated rings. The smallest absolute Gasteiger partial charge is 0.323 e. The summed E-state index contributed by atoms with van der Waals surface area (Å²) in [6.07, 6.45) is -8.39. The molecule has 0 spiro atoms. The molecule has 2 rings (SSSR count). The van der Waals surface area contributed by atoms with Crippen molar-refractivity contribution in [2.75, 3.05) is 0 Å². The largest absolute Gasteiger partial charge is 0.402 e. The van der Waals surface area contributed by atoms with Gasteiger partial charge in [-0.1, -0.05) is 30.7 Å².